The molecule has 0 unspecified atom stereocenters. The maximum atomic E-state index is 6.03. The molecule has 0 radical (unpaired) electrons. The van der Waals surface area contributed by atoms with Crippen molar-refractivity contribution in [2.75, 3.05) is 13.1 Å². The Balaban J connectivity index is 1.67. The number of rotatable bonds is 3. The van der Waals surface area contributed by atoms with Gasteiger partial charge in [-0.2, -0.15) is 0 Å². The highest BCUT2D eigenvalue weighted by Gasteiger charge is 2.16. The molecule has 0 saturated carbocycles. The van der Waals surface area contributed by atoms with Gasteiger partial charge in [0.05, 0.1) is 0 Å². The smallest absolute Gasteiger partial charge is 0.134 e. The predicted octanol–water partition coefficient (Wildman–Crippen LogP) is 3.18. The number of hydrogen-bond donors (Lipinski definition) is 1. The second-order valence-corrected chi connectivity index (χ2v) is 5.74. The van der Waals surface area contributed by atoms with E-state index in [1.807, 2.05) is 19.1 Å². The monoisotopic (exact) mass is 270 g/mol. The maximum Gasteiger partial charge on any atom is 0.134 e. The second-order valence-electron chi connectivity index (χ2n) is 5.74. The lowest BCUT2D eigenvalue weighted by molar-refractivity contribution is 0.201. The highest BCUT2D eigenvalue weighted by molar-refractivity contribution is 5.57. The lowest BCUT2D eigenvalue weighted by atomic mass is 10.0. The maximum absolute atomic E-state index is 6.03. The zero-order valence-corrected chi connectivity index (χ0v) is 12.0. The zero-order chi connectivity index (χ0) is 13.9. The van der Waals surface area contributed by atoms with Crippen LogP contribution in [0.2, 0.25) is 0 Å². The normalized spacial score (nSPS) is 20.2. The molecule has 1 aromatic heterocycles. The Labute approximate surface area is 120 Å². The van der Waals surface area contributed by atoms with Gasteiger partial charge in [-0.1, -0.05) is 24.3 Å². The first-order chi connectivity index (χ1) is 9.70. The van der Waals surface area contributed by atoms with E-state index >= 15 is 0 Å². The number of furan rings is 1. The molecule has 0 bridgehead atoms. The van der Waals surface area contributed by atoms with E-state index in [9.17, 15) is 0 Å². The molecule has 0 aliphatic carbocycles. The highest BCUT2D eigenvalue weighted by Crippen LogP contribution is 2.23. The van der Waals surface area contributed by atoms with Crippen molar-refractivity contribution in [1.29, 1.82) is 0 Å². The summed E-state index contributed by atoms with van der Waals surface area (Å²) in [4.78, 5) is 2.44. The van der Waals surface area contributed by atoms with Crippen molar-refractivity contribution < 1.29 is 4.42 Å². The van der Waals surface area contributed by atoms with Gasteiger partial charge in [0.2, 0.25) is 0 Å². The Morgan fingerprint density at radius 3 is 2.65 bits per heavy atom. The number of nitrogens with zero attached hydrogens (tertiary/aromatic N) is 1. The van der Waals surface area contributed by atoms with Crippen LogP contribution in [0.3, 0.4) is 0 Å². The summed E-state index contributed by atoms with van der Waals surface area (Å²) in [6.45, 7) is 5.13. The Morgan fingerprint density at radius 1 is 1.20 bits per heavy atom. The molecule has 1 fully saturated rings. The third kappa shape index (κ3) is 3.11. The summed E-state index contributed by atoms with van der Waals surface area (Å²) < 4.78 is 5.65. The number of aryl methyl sites for hydroxylation is 1. The van der Waals surface area contributed by atoms with Gasteiger partial charge in [0.25, 0.3) is 0 Å². The summed E-state index contributed by atoms with van der Waals surface area (Å²) >= 11 is 0. The Bertz CT molecular complexity index is 559. The molecule has 1 aromatic carbocycles. The fraction of sp³-hybridized carbons (Fsp3) is 0.412. The first-order valence-corrected chi connectivity index (χ1v) is 7.34. The molecule has 0 amide bonds. The van der Waals surface area contributed by atoms with Gasteiger partial charge in [0, 0.05) is 24.7 Å². The molecule has 106 valence electrons. The number of nitrogens with two attached hydrogens (primary N) is 1. The minimum atomic E-state index is 0.342. The minimum absolute atomic E-state index is 0.342. The standard InChI is InChI=1S/C17H22N2O/c1-13-4-9-17(20-13)15-7-5-14(6-8-15)11-19-10-2-3-16(18)12-19/h4-9,16H,2-3,10-12,18H2,1H3/t16-/m0/s1. The molecule has 1 aliphatic rings. The lowest BCUT2D eigenvalue weighted by Crippen LogP contribution is -2.42. The highest BCUT2D eigenvalue weighted by atomic mass is 16.3. The second kappa shape index (κ2) is 5.81. The van der Waals surface area contributed by atoms with Gasteiger partial charge in [-0.05, 0) is 44.0 Å². The fourth-order valence-electron chi connectivity index (χ4n) is 2.86. The Kier molecular flexibility index (Phi) is 3.90. The van der Waals surface area contributed by atoms with Gasteiger partial charge < -0.3 is 10.2 Å². The SMILES string of the molecule is Cc1ccc(-c2ccc(CN3CCC[C@H](N)C3)cc2)o1. The van der Waals surface area contributed by atoms with Crippen molar-refractivity contribution in [2.45, 2.75) is 32.4 Å². The van der Waals surface area contributed by atoms with E-state index in [4.69, 9.17) is 10.2 Å². The number of benzene rings is 1. The molecule has 1 atom stereocenters. The average Bonchev–Trinajstić information content (AvgIpc) is 2.86. The van der Waals surface area contributed by atoms with Crippen molar-refractivity contribution in [3.63, 3.8) is 0 Å². The van der Waals surface area contributed by atoms with E-state index in [-0.39, 0.29) is 0 Å². The van der Waals surface area contributed by atoms with E-state index in [2.05, 4.69) is 29.2 Å². The quantitative estimate of drug-likeness (QED) is 0.931. The third-order valence-electron chi connectivity index (χ3n) is 3.93. The van der Waals surface area contributed by atoms with Crippen molar-refractivity contribution in [1.82, 2.24) is 4.90 Å². The first kappa shape index (κ1) is 13.4. The van der Waals surface area contributed by atoms with Gasteiger partial charge in [0.15, 0.2) is 0 Å². The van der Waals surface area contributed by atoms with Crippen LogP contribution in [0.5, 0.6) is 0 Å². The molecule has 2 N–H and O–H groups in total. The van der Waals surface area contributed by atoms with Crippen LogP contribution in [0.4, 0.5) is 0 Å². The van der Waals surface area contributed by atoms with Crippen LogP contribution in [0, 0.1) is 6.92 Å². The first-order valence-electron chi connectivity index (χ1n) is 7.34. The van der Waals surface area contributed by atoms with Crippen LogP contribution in [-0.2, 0) is 6.54 Å². The van der Waals surface area contributed by atoms with Gasteiger partial charge in [-0.25, -0.2) is 0 Å². The van der Waals surface area contributed by atoms with E-state index in [1.54, 1.807) is 0 Å². The number of piperidine rings is 1. The molecule has 0 spiro atoms. The van der Waals surface area contributed by atoms with Crippen LogP contribution in [0.25, 0.3) is 11.3 Å². The topological polar surface area (TPSA) is 42.4 Å². The Hall–Kier alpha value is -1.58. The average molecular weight is 270 g/mol. The molecular weight excluding hydrogens is 248 g/mol. The number of hydrogen-bond acceptors (Lipinski definition) is 3. The largest absolute Gasteiger partial charge is 0.461 e. The molecule has 3 heteroatoms. The van der Waals surface area contributed by atoms with E-state index in [0.29, 0.717) is 6.04 Å². The Morgan fingerprint density at radius 2 is 2.00 bits per heavy atom. The number of likely N-dealkylation sites (tertiary alicyclic amines) is 1. The van der Waals surface area contributed by atoms with Gasteiger partial charge in [0.1, 0.15) is 11.5 Å². The molecule has 1 aliphatic heterocycles. The summed E-state index contributed by atoms with van der Waals surface area (Å²) in [6.07, 6.45) is 2.37. The van der Waals surface area contributed by atoms with Crippen molar-refractivity contribution in [3.05, 3.63) is 47.7 Å². The van der Waals surface area contributed by atoms with Crippen LogP contribution in [0.1, 0.15) is 24.2 Å². The minimum Gasteiger partial charge on any atom is -0.461 e. The summed E-state index contributed by atoms with van der Waals surface area (Å²) in [5.74, 6) is 1.89. The predicted molar refractivity (Wildman–Crippen MR) is 81.4 cm³/mol. The molecule has 3 rings (SSSR count). The van der Waals surface area contributed by atoms with Crippen LogP contribution in [-0.4, -0.2) is 24.0 Å². The summed E-state index contributed by atoms with van der Waals surface area (Å²) in [5.41, 5.74) is 8.50. The van der Waals surface area contributed by atoms with Crippen LogP contribution in [0.15, 0.2) is 40.8 Å². The zero-order valence-electron chi connectivity index (χ0n) is 12.0. The summed E-state index contributed by atoms with van der Waals surface area (Å²) in [6, 6.07) is 13.0. The van der Waals surface area contributed by atoms with Gasteiger partial charge in [-0.15, -0.1) is 0 Å². The van der Waals surface area contributed by atoms with Crippen LogP contribution < -0.4 is 5.73 Å². The molecular formula is C17H22N2O. The molecule has 2 heterocycles. The third-order valence-corrected chi connectivity index (χ3v) is 3.93. The van der Waals surface area contributed by atoms with Gasteiger partial charge in [-0.3, -0.25) is 4.90 Å². The van der Waals surface area contributed by atoms with Crippen molar-refractivity contribution in [3.8, 4) is 11.3 Å². The fourth-order valence-corrected chi connectivity index (χ4v) is 2.86. The summed E-state index contributed by atoms with van der Waals surface area (Å²) in [7, 11) is 0. The molecule has 1 saturated heterocycles. The molecule has 20 heavy (non-hydrogen) atoms. The van der Waals surface area contributed by atoms with Crippen LogP contribution >= 0.6 is 0 Å². The van der Waals surface area contributed by atoms with E-state index < -0.39 is 0 Å². The van der Waals surface area contributed by atoms with E-state index in [1.165, 1.54) is 12.0 Å². The van der Waals surface area contributed by atoms with Crippen molar-refractivity contribution >= 4 is 0 Å². The molecule has 2 aromatic rings. The van der Waals surface area contributed by atoms with E-state index in [0.717, 1.165) is 43.1 Å². The molecule has 3 nitrogen and oxygen atoms in total. The summed E-state index contributed by atoms with van der Waals surface area (Å²) in [5, 5.41) is 0. The van der Waals surface area contributed by atoms with Crippen molar-refractivity contribution in [2.24, 2.45) is 5.73 Å². The van der Waals surface area contributed by atoms with Gasteiger partial charge >= 0.3 is 0 Å². The lowest BCUT2D eigenvalue weighted by Gasteiger charge is -2.30.